The third kappa shape index (κ3) is 6.05. The molecule has 1 aliphatic rings. The van der Waals surface area contributed by atoms with Gasteiger partial charge >= 0.3 is 0 Å². The number of nitriles is 1. The van der Waals surface area contributed by atoms with Crippen molar-refractivity contribution in [3.63, 3.8) is 0 Å². The number of allylic oxidation sites excluding steroid dienone is 1. The van der Waals surface area contributed by atoms with E-state index in [0.717, 1.165) is 11.1 Å². The van der Waals surface area contributed by atoms with Crippen molar-refractivity contribution in [3.05, 3.63) is 156 Å². The van der Waals surface area contributed by atoms with Crippen molar-refractivity contribution in [2.24, 2.45) is 4.99 Å². The fourth-order valence-electron chi connectivity index (χ4n) is 5.24. The second-order valence-electron chi connectivity index (χ2n) is 10.3. The Balaban J connectivity index is 1.43. The van der Waals surface area contributed by atoms with Crippen molar-refractivity contribution in [1.29, 1.82) is 5.26 Å². The summed E-state index contributed by atoms with van der Waals surface area (Å²) in [4.78, 5) is 33.2. The fraction of sp³-hybridized carbons (Fsp3) is 0.111. The largest absolute Gasteiger partial charge is 0.497 e. The first-order valence-corrected chi connectivity index (χ1v) is 15.0. The zero-order chi connectivity index (χ0) is 31.3. The van der Waals surface area contributed by atoms with Crippen LogP contribution >= 0.6 is 11.3 Å². The van der Waals surface area contributed by atoms with Gasteiger partial charge in [0.1, 0.15) is 18.1 Å². The molecule has 6 rings (SSSR count). The van der Waals surface area contributed by atoms with Crippen molar-refractivity contribution < 1.29 is 14.3 Å². The number of benzene rings is 4. The number of aromatic nitrogens is 1. The average molecular weight is 613 g/mol. The summed E-state index contributed by atoms with van der Waals surface area (Å²) in [7, 11) is 1.58. The van der Waals surface area contributed by atoms with Crippen LogP contribution in [-0.4, -0.2) is 17.6 Å². The minimum Gasteiger partial charge on any atom is -0.497 e. The molecule has 45 heavy (non-hydrogen) atoms. The lowest BCUT2D eigenvalue weighted by Gasteiger charge is -2.25. The molecule has 4 aromatic carbocycles. The van der Waals surface area contributed by atoms with Crippen LogP contribution in [0.2, 0.25) is 0 Å². The maximum atomic E-state index is 14.2. The number of nitrogens with one attached hydrogen (secondary N) is 1. The number of methoxy groups -OCH3 is 1. The van der Waals surface area contributed by atoms with Gasteiger partial charge in [-0.3, -0.25) is 14.2 Å². The first-order valence-electron chi connectivity index (χ1n) is 14.2. The molecule has 5 aromatic rings. The van der Waals surface area contributed by atoms with Gasteiger partial charge in [0.15, 0.2) is 4.80 Å². The zero-order valence-electron chi connectivity index (χ0n) is 24.6. The number of carbonyl (C=O) groups is 1. The molecule has 1 aromatic heterocycles. The summed E-state index contributed by atoms with van der Waals surface area (Å²) in [6.45, 7) is 1.98. The van der Waals surface area contributed by atoms with Gasteiger partial charge in [-0.15, -0.1) is 0 Å². The van der Waals surface area contributed by atoms with Gasteiger partial charge in [0.05, 0.1) is 40.6 Å². The molecule has 222 valence electrons. The van der Waals surface area contributed by atoms with Crippen LogP contribution in [0.25, 0.3) is 6.08 Å². The van der Waals surface area contributed by atoms with E-state index in [1.54, 1.807) is 30.7 Å². The monoisotopic (exact) mass is 612 g/mol. The summed E-state index contributed by atoms with van der Waals surface area (Å²) in [6, 6.07) is 32.7. The summed E-state index contributed by atoms with van der Waals surface area (Å²) in [6.07, 6.45) is 1.78. The Morgan fingerprint density at radius 1 is 1.02 bits per heavy atom. The van der Waals surface area contributed by atoms with Crippen LogP contribution in [0.3, 0.4) is 0 Å². The van der Waals surface area contributed by atoms with Crippen LogP contribution in [0.5, 0.6) is 11.5 Å². The van der Waals surface area contributed by atoms with Gasteiger partial charge in [-0.1, -0.05) is 78.1 Å². The standard InChI is InChI=1S/C36H28N4O4S/c1-23-32(34(41)39-28-15-4-3-5-16-28)33(25-14-10-17-29(19-25)43-2)40-35(42)31(45-36(40)38-23)20-24-11-8-9-18-30(24)44-22-27-13-7-6-12-26(27)21-37/h3-20,33H,22H2,1-2H3,(H,39,41)/b31-20-/t33-/m0/s1. The number of ether oxygens (including phenoxy) is 2. The number of para-hydroxylation sites is 2. The van der Waals surface area contributed by atoms with E-state index in [2.05, 4.69) is 11.4 Å². The smallest absolute Gasteiger partial charge is 0.271 e. The molecule has 2 heterocycles. The number of thiazole rings is 1. The van der Waals surface area contributed by atoms with E-state index in [1.165, 1.54) is 11.3 Å². The molecular formula is C36H28N4O4S. The maximum Gasteiger partial charge on any atom is 0.271 e. The van der Waals surface area contributed by atoms with Crippen molar-refractivity contribution in [3.8, 4) is 17.6 Å². The molecule has 0 bridgehead atoms. The molecule has 0 aliphatic carbocycles. The van der Waals surface area contributed by atoms with Crippen LogP contribution in [0.15, 0.2) is 124 Å². The van der Waals surface area contributed by atoms with Crippen molar-refractivity contribution in [2.45, 2.75) is 19.6 Å². The molecule has 8 nitrogen and oxygen atoms in total. The number of anilines is 1. The average Bonchev–Trinajstić information content (AvgIpc) is 3.37. The van der Waals surface area contributed by atoms with E-state index in [1.807, 2.05) is 97.1 Å². The first-order chi connectivity index (χ1) is 22.0. The molecule has 0 unspecified atom stereocenters. The normalized spacial score (nSPS) is 14.2. The fourth-order valence-corrected chi connectivity index (χ4v) is 6.28. The summed E-state index contributed by atoms with van der Waals surface area (Å²) >= 11 is 1.25. The minimum atomic E-state index is -0.740. The number of nitrogens with zero attached hydrogens (tertiary/aromatic N) is 3. The minimum absolute atomic E-state index is 0.199. The van der Waals surface area contributed by atoms with E-state index in [4.69, 9.17) is 14.5 Å². The Kier molecular flexibility index (Phi) is 8.40. The molecule has 0 fully saturated rings. The lowest BCUT2D eigenvalue weighted by Crippen LogP contribution is -2.40. The highest BCUT2D eigenvalue weighted by molar-refractivity contribution is 7.07. The highest BCUT2D eigenvalue weighted by Crippen LogP contribution is 2.32. The van der Waals surface area contributed by atoms with Crippen LogP contribution in [0, 0.1) is 11.3 Å². The molecule has 1 aliphatic heterocycles. The van der Waals surface area contributed by atoms with Gasteiger partial charge in [-0.05, 0) is 55.0 Å². The number of hydrogen-bond donors (Lipinski definition) is 1. The molecule has 1 N–H and O–H groups in total. The number of fused-ring (bicyclic) bond motifs is 1. The van der Waals surface area contributed by atoms with Crippen LogP contribution in [-0.2, 0) is 11.4 Å². The van der Waals surface area contributed by atoms with Crippen molar-refractivity contribution >= 4 is 29.0 Å². The lowest BCUT2D eigenvalue weighted by molar-refractivity contribution is -0.113. The SMILES string of the molecule is COc1cccc([C@H]2C(C(=O)Nc3ccccc3)=C(C)N=c3s/c(=C\c4ccccc4OCc4ccccc4C#N)c(=O)n32)c1. The number of rotatable bonds is 8. The van der Waals surface area contributed by atoms with Crippen LogP contribution < -0.4 is 29.7 Å². The quantitative estimate of drug-likeness (QED) is 0.255. The maximum absolute atomic E-state index is 14.2. The van der Waals surface area contributed by atoms with Crippen molar-refractivity contribution in [2.75, 3.05) is 12.4 Å². The molecule has 1 amide bonds. The van der Waals surface area contributed by atoms with Crippen molar-refractivity contribution in [1.82, 2.24) is 4.57 Å². The number of amides is 1. The van der Waals surface area contributed by atoms with Gasteiger partial charge in [0.25, 0.3) is 11.5 Å². The van der Waals surface area contributed by atoms with Gasteiger partial charge in [-0.25, -0.2) is 4.99 Å². The molecule has 0 spiro atoms. The third-order valence-electron chi connectivity index (χ3n) is 7.43. The predicted octanol–water partition coefficient (Wildman–Crippen LogP) is 5.33. The first kappa shape index (κ1) is 29.4. The highest BCUT2D eigenvalue weighted by Gasteiger charge is 2.32. The van der Waals surface area contributed by atoms with Crippen LogP contribution in [0.1, 0.15) is 35.2 Å². The Morgan fingerprint density at radius 2 is 1.78 bits per heavy atom. The topological polar surface area (TPSA) is 106 Å². The molecule has 0 saturated heterocycles. The Labute approximate surface area is 263 Å². The third-order valence-corrected chi connectivity index (χ3v) is 8.42. The van der Waals surface area contributed by atoms with Gasteiger partial charge < -0.3 is 14.8 Å². The summed E-state index contributed by atoms with van der Waals surface area (Å²) in [5.41, 5.74) is 3.97. The Morgan fingerprint density at radius 3 is 2.58 bits per heavy atom. The van der Waals surface area contributed by atoms with Gasteiger partial charge in [0.2, 0.25) is 0 Å². The summed E-state index contributed by atoms with van der Waals surface area (Å²) in [5, 5.41) is 12.4. The van der Waals surface area contributed by atoms with E-state index >= 15 is 0 Å². The summed E-state index contributed by atoms with van der Waals surface area (Å²) < 4.78 is 13.6. The molecule has 1 atom stereocenters. The van der Waals surface area contributed by atoms with E-state index in [9.17, 15) is 14.9 Å². The van der Waals surface area contributed by atoms with E-state index < -0.39 is 6.04 Å². The summed E-state index contributed by atoms with van der Waals surface area (Å²) in [5.74, 6) is 0.830. The Hall–Kier alpha value is -5.72. The second kappa shape index (κ2) is 12.9. The Bertz CT molecular complexity index is 2160. The predicted molar refractivity (Wildman–Crippen MR) is 174 cm³/mol. The number of carbonyl (C=O) groups excluding carboxylic acids is 1. The van der Waals surface area contributed by atoms with Gasteiger partial charge in [0, 0.05) is 16.8 Å². The molecule has 0 radical (unpaired) electrons. The van der Waals surface area contributed by atoms with E-state index in [0.29, 0.717) is 48.9 Å². The molecular weight excluding hydrogens is 584 g/mol. The highest BCUT2D eigenvalue weighted by atomic mass is 32.1. The zero-order valence-corrected chi connectivity index (χ0v) is 25.4. The number of hydrogen-bond acceptors (Lipinski definition) is 7. The molecule has 0 saturated carbocycles. The van der Waals surface area contributed by atoms with E-state index in [-0.39, 0.29) is 18.1 Å². The molecule has 9 heteroatoms. The van der Waals surface area contributed by atoms with Crippen LogP contribution in [0.4, 0.5) is 5.69 Å². The lowest BCUT2D eigenvalue weighted by atomic mass is 9.95. The van der Waals surface area contributed by atoms with Gasteiger partial charge in [-0.2, -0.15) is 5.26 Å². The second-order valence-corrected chi connectivity index (χ2v) is 11.3.